The predicted molar refractivity (Wildman–Crippen MR) is 164 cm³/mol. The Morgan fingerprint density at radius 3 is 1.95 bits per heavy atom. The van der Waals surface area contributed by atoms with Crippen LogP contribution >= 0.6 is 0 Å². The maximum atomic E-state index is 14.4. The van der Waals surface area contributed by atoms with E-state index < -0.39 is 76.6 Å². The summed E-state index contributed by atoms with van der Waals surface area (Å²) in [5.74, 6) is -7.96. The maximum Gasteiger partial charge on any atom is 0.312 e. The zero-order chi connectivity index (χ0) is 34.0. The number of nitrogens with zero attached hydrogens (tertiary/aromatic N) is 1. The van der Waals surface area contributed by atoms with E-state index in [1.807, 2.05) is 0 Å². The highest BCUT2D eigenvalue weighted by Gasteiger charge is 2.61. The first-order valence-corrected chi connectivity index (χ1v) is 14.9. The van der Waals surface area contributed by atoms with Crippen LogP contribution < -0.4 is 17.2 Å². The molecular weight excluding hydrogens is 568 g/mol. The lowest BCUT2D eigenvalue weighted by atomic mass is 9.70. The SMILES string of the molecule is CC[C@H](C)[C@H](N)C(=O)[C@@](C=O)([C@H](C(=O)OCc1ccccc1)C(C)C)N(C(=O)[C@H](C)N)C(=O)[C@@H](N)CCC(=O)OC(C)(C)C. The summed E-state index contributed by atoms with van der Waals surface area (Å²) in [7, 11) is 0. The van der Waals surface area contributed by atoms with Gasteiger partial charge in [-0.2, -0.15) is 0 Å². The molecule has 0 saturated heterocycles. The maximum absolute atomic E-state index is 14.4. The van der Waals surface area contributed by atoms with E-state index in [0.717, 1.165) is 0 Å². The van der Waals surface area contributed by atoms with Gasteiger partial charge in [-0.3, -0.25) is 28.9 Å². The molecule has 0 fully saturated rings. The van der Waals surface area contributed by atoms with Gasteiger partial charge in [0.1, 0.15) is 12.2 Å². The number of imide groups is 1. The van der Waals surface area contributed by atoms with Gasteiger partial charge in [0.2, 0.25) is 11.8 Å². The quantitative estimate of drug-likeness (QED) is 0.139. The number of nitrogens with two attached hydrogens (primary N) is 3. The molecule has 0 aliphatic heterocycles. The molecule has 0 saturated carbocycles. The summed E-state index contributed by atoms with van der Waals surface area (Å²) < 4.78 is 10.8. The minimum absolute atomic E-state index is 0.102. The fourth-order valence-electron chi connectivity index (χ4n) is 4.78. The van der Waals surface area contributed by atoms with Crippen molar-refractivity contribution in [1.29, 1.82) is 0 Å². The van der Waals surface area contributed by atoms with E-state index in [1.165, 1.54) is 6.92 Å². The van der Waals surface area contributed by atoms with Crippen LogP contribution in [0, 0.1) is 17.8 Å². The molecule has 0 aliphatic rings. The molecule has 0 spiro atoms. The number of ketones is 1. The van der Waals surface area contributed by atoms with E-state index in [9.17, 15) is 28.8 Å². The summed E-state index contributed by atoms with van der Waals surface area (Å²) in [5, 5.41) is 0. The number of amides is 2. The average molecular weight is 619 g/mol. The number of carbonyl (C=O) groups is 6. The summed E-state index contributed by atoms with van der Waals surface area (Å²) in [6.45, 7) is 12.6. The van der Waals surface area contributed by atoms with E-state index >= 15 is 0 Å². The summed E-state index contributed by atoms with van der Waals surface area (Å²) in [4.78, 5) is 82.1. The second-order valence-corrected chi connectivity index (χ2v) is 12.6. The number of aldehydes is 1. The van der Waals surface area contributed by atoms with Gasteiger partial charge < -0.3 is 31.5 Å². The third-order valence-electron chi connectivity index (χ3n) is 7.35. The number of hydrogen-bond acceptors (Lipinski definition) is 11. The Morgan fingerprint density at radius 2 is 1.50 bits per heavy atom. The molecule has 1 aromatic carbocycles. The molecule has 1 aromatic rings. The topological polar surface area (TPSA) is 202 Å². The van der Waals surface area contributed by atoms with Crippen molar-refractivity contribution < 1.29 is 38.2 Å². The number of carbonyl (C=O) groups excluding carboxylic acids is 6. The number of rotatable bonds is 16. The lowest BCUT2D eigenvalue weighted by molar-refractivity contribution is -0.175. The largest absolute Gasteiger partial charge is 0.461 e. The van der Waals surface area contributed by atoms with Crippen molar-refractivity contribution in [3.63, 3.8) is 0 Å². The first kappa shape index (κ1) is 38.5. The van der Waals surface area contributed by atoms with Crippen molar-refractivity contribution in [3.8, 4) is 0 Å². The monoisotopic (exact) mass is 618 g/mol. The Hall–Kier alpha value is -3.48. The van der Waals surface area contributed by atoms with Gasteiger partial charge in [0.05, 0.1) is 24.0 Å². The first-order chi connectivity index (χ1) is 20.3. The van der Waals surface area contributed by atoms with Gasteiger partial charge >= 0.3 is 11.9 Å². The summed E-state index contributed by atoms with van der Waals surface area (Å²) in [6, 6.07) is 4.40. The van der Waals surface area contributed by atoms with Gasteiger partial charge in [0.25, 0.3) is 0 Å². The van der Waals surface area contributed by atoms with Gasteiger partial charge in [-0.05, 0) is 51.5 Å². The molecule has 6 N–H and O–H groups in total. The highest BCUT2D eigenvalue weighted by Crippen LogP contribution is 2.35. The molecule has 44 heavy (non-hydrogen) atoms. The third kappa shape index (κ3) is 9.76. The standard InChI is InChI=1S/C32H50N4O8/c1-9-20(4)26(35)27(39)32(18-37,25(19(2)3)30(42)43-17-22-13-11-10-12-14-22)36(28(40)21(5)33)29(41)23(34)15-16-24(38)44-31(6,7)8/h10-14,18-21,23,25-26H,9,15-17,33-35H2,1-8H3/t20-,21-,23-,25-,26-,32+/m0/s1. The molecule has 2 amide bonds. The van der Waals surface area contributed by atoms with Crippen LogP contribution in [-0.4, -0.2) is 70.0 Å². The van der Waals surface area contributed by atoms with Crippen LogP contribution in [-0.2, 0) is 44.8 Å². The van der Waals surface area contributed by atoms with E-state index in [-0.39, 0.29) is 25.7 Å². The van der Waals surface area contributed by atoms with E-state index in [2.05, 4.69) is 0 Å². The van der Waals surface area contributed by atoms with Crippen molar-refractivity contribution in [3.05, 3.63) is 35.9 Å². The Kier molecular flexibility index (Phi) is 14.5. The highest BCUT2D eigenvalue weighted by atomic mass is 16.6. The molecule has 0 aliphatic carbocycles. The average Bonchev–Trinajstić information content (AvgIpc) is 2.96. The van der Waals surface area contributed by atoms with Crippen molar-refractivity contribution in [2.75, 3.05) is 0 Å². The highest BCUT2D eigenvalue weighted by molar-refractivity contribution is 6.17. The van der Waals surface area contributed by atoms with Crippen molar-refractivity contribution in [2.24, 2.45) is 35.0 Å². The number of hydrogen-bond donors (Lipinski definition) is 3. The fraction of sp³-hybridized carbons (Fsp3) is 0.625. The third-order valence-corrected chi connectivity index (χ3v) is 7.35. The number of Topliss-reactive ketones (excluding diaryl/α,β-unsaturated/α-hetero) is 1. The molecule has 6 atom stereocenters. The van der Waals surface area contributed by atoms with E-state index in [0.29, 0.717) is 16.9 Å². The van der Waals surface area contributed by atoms with Crippen LogP contribution in [0.2, 0.25) is 0 Å². The molecule has 0 radical (unpaired) electrons. The number of ether oxygens (including phenoxy) is 2. The van der Waals surface area contributed by atoms with Gasteiger partial charge in [0, 0.05) is 6.42 Å². The van der Waals surface area contributed by atoms with Crippen LogP contribution in [0.15, 0.2) is 30.3 Å². The van der Waals surface area contributed by atoms with Crippen LogP contribution in [0.4, 0.5) is 0 Å². The lowest BCUT2D eigenvalue weighted by Gasteiger charge is -2.45. The smallest absolute Gasteiger partial charge is 0.312 e. The van der Waals surface area contributed by atoms with Gasteiger partial charge in [-0.15, -0.1) is 0 Å². The van der Waals surface area contributed by atoms with Crippen LogP contribution in [0.25, 0.3) is 0 Å². The Morgan fingerprint density at radius 1 is 0.932 bits per heavy atom. The Balaban J connectivity index is 3.82. The number of esters is 2. The first-order valence-electron chi connectivity index (χ1n) is 14.9. The van der Waals surface area contributed by atoms with Crippen LogP contribution in [0.3, 0.4) is 0 Å². The van der Waals surface area contributed by atoms with Gasteiger partial charge in [-0.25, -0.2) is 0 Å². The van der Waals surface area contributed by atoms with Crippen molar-refractivity contribution >= 4 is 35.8 Å². The molecule has 0 unspecified atom stereocenters. The molecule has 0 bridgehead atoms. The fourth-order valence-corrected chi connectivity index (χ4v) is 4.78. The lowest BCUT2D eigenvalue weighted by Crippen LogP contribution is -2.73. The minimum atomic E-state index is -2.75. The van der Waals surface area contributed by atoms with Crippen LogP contribution in [0.1, 0.15) is 80.2 Å². The summed E-state index contributed by atoms with van der Waals surface area (Å²) in [5.41, 5.74) is 15.6. The zero-order valence-corrected chi connectivity index (χ0v) is 27.2. The van der Waals surface area contributed by atoms with Crippen molar-refractivity contribution in [2.45, 2.75) is 111 Å². The molecular formula is C32H50N4O8. The molecule has 12 nitrogen and oxygen atoms in total. The van der Waals surface area contributed by atoms with E-state index in [4.69, 9.17) is 26.7 Å². The number of benzene rings is 1. The Labute approximate surface area is 260 Å². The summed E-state index contributed by atoms with van der Waals surface area (Å²) in [6.07, 6.45) is -0.0740. The molecule has 0 heterocycles. The van der Waals surface area contributed by atoms with Gasteiger partial charge in [-0.1, -0.05) is 64.4 Å². The molecule has 12 heteroatoms. The molecule has 0 aromatic heterocycles. The van der Waals surface area contributed by atoms with Gasteiger partial charge in [0.15, 0.2) is 17.6 Å². The predicted octanol–water partition coefficient (Wildman–Crippen LogP) is 2.03. The second kappa shape index (κ2) is 16.6. The molecule has 246 valence electrons. The summed E-state index contributed by atoms with van der Waals surface area (Å²) >= 11 is 0. The van der Waals surface area contributed by atoms with Crippen molar-refractivity contribution in [1.82, 2.24) is 4.90 Å². The minimum Gasteiger partial charge on any atom is -0.461 e. The normalized spacial score (nSPS) is 16.5. The molecule has 1 rings (SSSR count). The van der Waals surface area contributed by atoms with E-state index in [1.54, 1.807) is 78.8 Å². The Bertz CT molecular complexity index is 1160. The van der Waals surface area contributed by atoms with Crippen LogP contribution in [0.5, 0.6) is 0 Å². The zero-order valence-electron chi connectivity index (χ0n) is 27.2. The second-order valence-electron chi connectivity index (χ2n) is 12.6.